The molecule has 0 spiro atoms. The minimum Gasteiger partial charge on any atom is -0.356 e. The van der Waals surface area contributed by atoms with Crippen molar-refractivity contribution in [3.63, 3.8) is 0 Å². The molecule has 28 heavy (non-hydrogen) atoms. The zero-order chi connectivity index (χ0) is 20.4. The molecule has 9 heteroatoms. The molecule has 7 nitrogen and oxygen atoms in total. The Kier molecular flexibility index (Phi) is 13.1. The van der Waals surface area contributed by atoms with Crippen LogP contribution < -0.4 is 10.6 Å². The van der Waals surface area contributed by atoms with Crippen LogP contribution in [0.5, 0.6) is 0 Å². The van der Waals surface area contributed by atoms with Gasteiger partial charge in [-0.15, -0.1) is 24.0 Å². The lowest BCUT2D eigenvalue weighted by Crippen LogP contribution is -2.46. The Bertz CT molecular complexity index is 680. The minimum absolute atomic E-state index is 0. The van der Waals surface area contributed by atoms with E-state index >= 15 is 0 Å². The minimum atomic E-state index is -0.213. The molecule has 2 N–H and O–H groups in total. The van der Waals surface area contributed by atoms with E-state index in [1.165, 1.54) is 0 Å². The number of guanidine groups is 1. The lowest BCUT2D eigenvalue weighted by Gasteiger charge is -2.25. The number of anilines is 1. The molecule has 0 atom stereocenters. The number of aryl methyl sites for hydroxylation is 1. The summed E-state index contributed by atoms with van der Waals surface area (Å²) < 4.78 is 0.898. The van der Waals surface area contributed by atoms with E-state index in [0.717, 1.165) is 15.7 Å². The first-order chi connectivity index (χ1) is 12.8. The lowest BCUT2D eigenvalue weighted by atomic mass is 10.2. The second-order valence-electron chi connectivity index (χ2n) is 6.10. The van der Waals surface area contributed by atoms with Crippen molar-refractivity contribution in [2.24, 2.45) is 4.99 Å². The van der Waals surface area contributed by atoms with Gasteiger partial charge in [-0.2, -0.15) is 0 Å². The van der Waals surface area contributed by atoms with Crippen molar-refractivity contribution in [2.45, 2.75) is 27.7 Å². The second-order valence-corrected chi connectivity index (χ2v) is 7.02. The van der Waals surface area contributed by atoms with Crippen molar-refractivity contribution in [2.75, 3.05) is 45.1 Å². The Morgan fingerprint density at radius 1 is 1.18 bits per heavy atom. The van der Waals surface area contributed by atoms with Crippen LogP contribution >= 0.6 is 39.9 Å². The van der Waals surface area contributed by atoms with Crippen LogP contribution in [0.15, 0.2) is 27.7 Å². The van der Waals surface area contributed by atoms with Crippen LogP contribution in [0.2, 0.25) is 0 Å². The molecule has 0 aromatic heterocycles. The lowest BCUT2D eigenvalue weighted by molar-refractivity contribution is -0.131. The standard InChI is InChI=1S/C19H30BrN5O2.HI/c1-6-21-19(24(5)13-18(27)25(7-2)8-3)22-12-17(26)23-16-11-15(20)10-9-14(16)4;/h9-11H,6-8,12-13H2,1-5H3,(H,21,22)(H,23,26);1H. The Hall–Kier alpha value is -1.36. The fourth-order valence-electron chi connectivity index (χ4n) is 2.49. The van der Waals surface area contributed by atoms with E-state index in [1.54, 1.807) is 16.8 Å². The molecule has 1 rings (SSSR count). The number of halogens is 2. The van der Waals surface area contributed by atoms with Crippen LogP contribution in [-0.2, 0) is 9.59 Å². The third-order valence-electron chi connectivity index (χ3n) is 4.03. The van der Waals surface area contributed by atoms with Crippen molar-refractivity contribution in [1.82, 2.24) is 15.1 Å². The smallest absolute Gasteiger partial charge is 0.246 e. The van der Waals surface area contributed by atoms with Gasteiger partial charge < -0.3 is 20.4 Å². The Morgan fingerprint density at radius 2 is 1.82 bits per heavy atom. The third kappa shape index (κ3) is 8.76. The highest BCUT2D eigenvalue weighted by Crippen LogP contribution is 2.20. The molecular weight excluding hydrogens is 537 g/mol. The maximum Gasteiger partial charge on any atom is 0.246 e. The van der Waals surface area contributed by atoms with E-state index in [1.807, 2.05) is 45.9 Å². The first-order valence-electron chi connectivity index (χ1n) is 9.15. The van der Waals surface area contributed by atoms with E-state index in [9.17, 15) is 9.59 Å². The number of aliphatic imine (C=N–C) groups is 1. The summed E-state index contributed by atoms with van der Waals surface area (Å²) in [5, 5.41) is 5.99. The molecule has 1 aromatic carbocycles. The average Bonchev–Trinajstić information content (AvgIpc) is 2.62. The molecule has 0 aliphatic heterocycles. The summed E-state index contributed by atoms with van der Waals surface area (Å²) in [7, 11) is 1.79. The summed E-state index contributed by atoms with van der Waals surface area (Å²) in [6.07, 6.45) is 0. The number of nitrogens with zero attached hydrogens (tertiary/aromatic N) is 3. The molecule has 158 valence electrons. The summed E-state index contributed by atoms with van der Waals surface area (Å²) in [5.74, 6) is 0.344. The van der Waals surface area contributed by atoms with E-state index < -0.39 is 0 Å². The van der Waals surface area contributed by atoms with Gasteiger partial charge in [0.05, 0.1) is 6.54 Å². The maximum absolute atomic E-state index is 12.3. The summed E-state index contributed by atoms with van der Waals surface area (Å²) in [4.78, 5) is 32.4. The van der Waals surface area contributed by atoms with Gasteiger partial charge >= 0.3 is 0 Å². The van der Waals surface area contributed by atoms with Gasteiger partial charge in [0.1, 0.15) is 6.54 Å². The molecule has 0 radical (unpaired) electrons. The molecule has 0 aliphatic carbocycles. The molecule has 0 unspecified atom stereocenters. The van der Waals surface area contributed by atoms with Crippen LogP contribution in [0.4, 0.5) is 5.69 Å². The molecule has 0 saturated heterocycles. The number of hydrogen-bond acceptors (Lipinski definition) is 3. The fraction of sp³-hybridized carbons (Fsp3) is 0.526. The van der Waals surface area contributed by atoms with Crippen LogP contribution in [0, 0.1) is 6.92 Å². The predicted octanol–water partition coefficient (Wildman–Crippen LogP) is 3.08. The van der Waals surface area contributed by atoms with Crippen LogP contribution in [0.25, 0.3) is 0 Å². The van der Waals surface area contributed by atoms with E-state index in [4.69, 9.17) is 0 Å². The second kappa shape index (κ2) is 13.8. The number of carbonyl (C=O) groups is 2. The predicted molar refractivity (Wildman–Crippen MR) is 129 cm³/mol. The van der Waals surface area contributed by atoms with Crippen molar-refractivity contribution in [3.05, 3.63) is 28.2 Å². The van der Waals surface area contributed by atoms with Gasteiger partial charge in [0.15, 0.2) is 5.96 Å². The number of rotatable bonds is 8. The molecule has 0 saturated carbocycles. The monoisotopic (exact) mass is 567 g/mol. The third-order valence-corrected chi connectivity index (χ3v) is 4.52. The highest BCUT2D eigenvalue weighted by Gasteiger charge is 2.15. The fourth-order valence-corrected chi connectivity index (χ4v) is 2.85. The average molecular weight is 568 g/mol. The molecule has 1 aromatic rings. The normalized spacial score (nSPS) is 10.7. The number of benzene rings is 1. The molecule has 0 bridgehead atoms. The van der Waals surface area contributed by atoms with E-state index in [0.29, 0.717) is 25.6 Å². The molecule has 2 amide bonds. The van der Waals surface area contributed by atoms with Crippen LogP contribution in [0.1, 0.15) is 26.3 Å². The van der Waals surface area contributed by atoms with Gasteiger partial charge in [0, 0.05) is 36.8 Å². The van der Waals surface area contributed by atoms with Crippen molar-refractivity contribution < 1.29 is 9.59 Å². The Balaban J connectivity index is 0.00000729. The number of nitrogens with one attached hydrogen (secondary N) is 2. The maximum atomic E-state index is 12.3. The molecular formula is C19H31BrIN5O2. The highest BCUT2D eigenvalue weighted by molar-refractivity contribution is 14.0. The van der Waals surface area contributed by atoms with Crippen molar-refractivity contribution >= 4 is 63.4 Å². The van der Waals surface area contributed by atoms with Crippen LogP contribution in [0.3, 0.4) is 0 Å². The van der Waals surface area contributed by atoms with Crippen molar-refractivity contribution in [1.29, 1.82) is 0 Å². The van der Waals surface area contributed by atoms with Gasteiger partial charge in [0.25, 0.3) is 0 Å². The molecule has 0 fully saturated rings. The van der Waals surface area contributed by atoms with E-state index in [-0.39, 0.29) is 48.9 Å². The van der Waals surface area contributed by atoms with Gasteiger partial charge in [-0.05, 0) is 45.4 Å². The highest BCUT2D eigenvalue weighted by atomic mass is 127. The summed E-state index contributed by atoms with van der Waals surface area (Å²) in [5.41, 5.74) is 1.73. The van der Waals surface area contributed by atoms with Gasteiger partial charge in [-0.25, -0.2) is 4.99 Å². The van der Waals surface area contributed by atoms with Gasteiger partial charge in [0.2, 0.25) is 11.8 Å². The van der Waals surface area contributed by atoms with E-state index in [2.05, 4.69) is 31.6 Å². The Labute approximate surface area is 193 Å². The molecule has 0 aliphatic rings. The van der Waals surface area contributed by atoms with Crippen molar-refractivity contribution in [3.8, 4) is 0 Å². The zero-order valence-corrected chi connectivity index (χ0v) is 21.1. The number of hydrogen-bond donors (Lipinski definition) is 2. The molecule has 0 heterocycles. The Morgan fingerprint density at radius 3 is 2.39 bits per heavy atom. The SMILES string of the molecule is CCNC(=NCC(=O)Nc1cc(Br)ccc1C)N(C)CC(=O)N(CC)CC.I. The first-order valence-corrected chi connectivity index (χ1v) is 9.94. The number of likely N-dealkylation sites (N-methyl/N-ethyl adjacent to an activating group) is 2. The first kappa shape index (κ1) is 26.6. The van der Waals surface area contributed by atoms with Gasteiger partial charge in [-0.3, -0.25) is 9.59 Å². The summed E-state index contributed by atoms with van der Waals surface area (Å²) in [6.45, 7) is 9.95. The number of carbonyl (C=O) groups excluding carboxylic acids is 2. The quantitative estimate of drug-likeness (QED) is 0.287. The zero-order valence-electron chi connectivity index (χ0n) is 17.2. The summed E-state index contributed by atoms with van der Waals surface area (Å²) >= 11 is 3.40. The van der Waals surface area contributed by atoms with Gasteiger partial charge in [-0.1, -0.05) is 22.0 Å². The largest absolute Gasteiger partial charge is 0.356 e. The topological polar surface area (TPSA) is 77.0 Å². The number of amides is 2. The summed E-state index contributed by atoms with van der Waals surface area (Å²) in [6, 6.07) is 5.71. The van der Waals surface area contributed by atoms with Crippen LogP contribution in [-0.4, -0.2) is 67.3 Å².